The number of nitrogens with one attached hydrogen (secondary N) is 1. The summed E-state index contributed by atoms with van der Waals surface area (Å²) in [5.74, 6) is -1.64. The van der Waals surface area contributed by atoms with Crippen molar-refractivity contribution in [3.8, 4) is 0 Å². The van der Waals surface area contributed by atoms with E-state index in [4.69, 9.17) is 10.6 Å². The Morgan fingerprint density at radius 3 is 2.78 bits per heavy atom. The summed E-state index contributed by atoms with van der Waals surface area (Å²) in [5, 5.41) is 17.8. The first-order chi connectivity index (χ1) is 15.0. The third-order valence-corrected chi connectivity index (χ3v) is 7.29. The number of fused-ring (bicyclic) bond motifs is 1. The maximum absolute atomic E-state index is 12.8. The molecule has 0 saturated carbocycles. The number of carboxylic acid groups (broad SMARTS) is 1. The zero-order valence-electron chi connectivity index (χ0n) is 18.3. The summed E-state index contributed by atoms with van der Waals surface area (Å²) in [4.78, 5) is 47.9. The fourth-order valence-electron chi connectivity index (χ4n) is 3.39. The van der Waals surface area contributed by atoms with Crippen LogP contribution in [-0.4, -0.2) is 101 Å². The van der Waals surface area contributed by atoms with Gasteiger partial charge in [0, 0.05) is 17.7 Å². The van der Waals surface area contributed by atoms with Crippen LogP contribution in [0.4, 0.5) is 5.13 Å². The maximum Gasteiger partial charge on any atom is 0.316 e. The van der Waals surface area contributed by atoms with Crippen LogP contribution in [0.25, 0.3) is 0 Å². The molecule has 1 aromatic heterocycles. The number of rotatable bonds is 8. The van der Waals surface area contributed by atoms with Crippen LogP contribution in [0.15, 0.2) is 22.7 Å². The molecule has 11 nitrogen and oxygen atoms in total. The smallest absolute Gasteiger partial charge is 0.316 e. The number of hydrogen-bond acceptors (Lipinski definition) is 9. The number of aromatic nitrogens is 1. The van der Waals surface area contributed by atoms with Gasteiger partial charge in [0.1, 0.15) is 29.6 Å². The van der Waals surface area contributed by atoms with Gasteiger partial charge in [0.25, 0.3) is 5.91 Å². The molecular weight excluding hydrogens is 456 g/mol. The lowest BCUT2D eigenvalue weighted by molar-refractivity contribution is -0.864. The van der Waals surface area contributed by atoms with Crippen molar-refractivity contribution in [2.75, 3.05) is 52.8 Å². The second-order valence-corrected chi connectivity index (χ2v) is 10.6. The Labute approximate surface area is 193 Å². The number of amides is 2. The van der Waals surface area contributed by atoms with Crippen molar-refractivity contribution >= 4 is 51.7 Å². The summed E-state index contributed by atoms with van der Waals surface area (Å²) in [6.45, 7) is 0.721. The third kappa shape index (κ3) is 4.89. The zero-order valence-corrected chi connectivity index (χ0v) is 19.9. The van der Waals surface area contributed by atoms with Crippen LogP contribution in [0.3, 0.4) is 0 Å². The summed E-state index contributed by atoms with van der Waals surface area (Å²) in [6.07, 6.45) is 3.54. The third-order valence-electron chi connectivity index (χ3n) is 5.07. The van der Waals surface area contributed by atoms with E-state index in [1.807, 2.05) is 27.2 Å². The van der Waals surface area contributed by atoms with E-state index in [2.05, 4.69) is 15.5 Å². The molecule has 2 aliphatic rings. The topological polar surface area (TPSA) is 147 Å². The number of carboxylic acids is 1. The molecule has 0 aliphatic carbocycles. The number of nitrogen functional groups attached to an aromatic ring is 1. The van der Waals surface area contributed by atoms with Gasteiger partial charge >= 0.3 is 5.97 Å². The van der Waals surface area contributed by atoms with Gasteiger partial charge in [-0.05, 0) is 6.08 Å². The van der Waals surface area contributed by atoms with Gasteiger partial charge in [-0.2, -0.15) is 0 Å². The molecule has 0 radical (unpaired) electrons. The Kier molecular flexibility index (Phi) is 6.81. The van der Waals surface area contributed by atoms with Crippen LogP contribution in [0.2, 0.25) is 0 Å². The molecule has 32 heavy (non-hydrogen) atoms. The average Bonchev–Trinajstić information content (AvgIpc) is 3.14. The fourth-order valence-corrected chi connectivity index (χ4v) is 5.45. The minimum absolute atomic E-state index is 0.0560. The molecule has 4 N–H and O–H groups in total. The maximum atomic E-state index is 12.8. The lowest BCUT2D eigenvalue weighted by Crippen LogP contribution is -2.73. The van der Waals surface area contributed by atoms with Crippen LogP contribution in [0.1, 0.15) is 5.69 Å². The number of anilines is 1. The molecule has 1 aromatic rings. The predicted molar refractivity (Wildman–Crippen MR) is 122 cm³/mol. The Hall–Kier alpha value is -2.64. The highest BCUT2D eigenvalue weighted by atomic mass is 32.2. The lowest BCUT2D eigenvalue weighted by atomic mass is 9.86. The van der Waals surface area contributed by atoms with Crippen molar-refractivity contribution < 1.29 is 28.8 Å². The number of aliphatic carboxylic acids is 1. The molecule has 3 heterocycles. The largest absolute Gasteiger partial charge is 0.481 e. The predicted octanol–water partition coefficient (Wildman–Crippen LogP) is -0.191. The number of quaternary nitrogens is 1. The van der Waals surface area contributed by atoms with Crippen LogP contribution >= 0.6 is 23.1 Å². The van der Waals surface area contributed by atoms with E-state index in [0.717, 1.165) is 11.3 Å². The van der Waals surface area contributed by atoms with Gasteiger partial charge in [-0.25, -0.2) is 4.98 Å². The van der Waals surface area contributed by atoms with E-state index < -0.39 is 23.3 Å². The molecule has 3 rings (SSSR count). The highest BCUT2D eigenvalue weighted by molar-refractivity contribution is 8.00. The molecular formula is C19H27N6O5S2+. The Bertz CT molecular complexity index is 972. The highest BCUT2D eigenvalue weighted by Gasteiger charge is 2.57. The SMILES string of the molecule is CON=C(C(=O)NC1C(=O)N2CC(C=CC[N+](C)(C)C)(C(=O)O)CS[C@H]12)c1csc(N)n1. The molecule has 0 bridgehead atoms. The van der Waals surface area contributed by atoms with Gasteiger partial charge < -0.3 is 30.4 Å². The van der Waals surface area contributed by atoms with Gasteiger partial charge in [0.2, 0.25) is 5.91 Å². The number of carbonyl (C=O) groups is 3. The van der Waals surface area contributed by atoms with Crippen molar-refractivity contribution in [3.05, 3.63) is 23.2 Å². The minimum atomic E-state index is -1.16. The first-order valence-electron chi connectivity index (χ1n) is 9.74. The highest BCUT2D eigenvalue weighted by Crippen LogP contribution is 2.43. The van der Waals surface area contributed by atoms with Crippen molar-refractivity contribution in [2.24, 2.45) is 10.6 Å². The minimum Gasteiger partial charge on any atom is -0.481 e. The van der Waals surface area contributed by atoms with Crippen molar-refractivity contribution in [2.45, 2.75) is 11.4 Å². The number of hydrogen-bond donors (Lipinski definition) is 3. The molecule has 2 fully saturated rings. The van der Waals surface area contributed by atoms with Crippen molar-refractivity contribution in [1.82, 2.24) is 15.2 Å². The number of thiazole rings is 1. The van der Waals surface area contributed by atoms with Gasteiger partial charge in [0.15, 0.2) is 10.8 Å². The number of nitrogens with two attached hydrogens (primary N) is 1. The normalized spacial score (nSPS) is 25.9. The van der Waals surface area contributed by atoms with Crippen molar-refractivity contribution in [3.63, 3.8) is 0 Å². The van der Waals surface area contributed by atoms with Gasteiger partial charge in [-0.15, -0.1) is 23.1 Å². The zero-order chi connectivity index (χ0) is 23.7. The molecule has 2 aliphatic heterocycles. The number of nitrogens with zero attached hydrogens (tertiary/aromatic N) is 4. The summed E-state index contributed by atoms with van der Waals surface area (Å²) in [7, 11) is 7.33. The standard InChI is InChI=1S/C19H26N6O5S2/c1-25(2,3)7-5-6-19(17(28)29)9-24-15(27)13(16(24)32-10-19)22-14(26)12(23-30-4)11-8-31-18(20)21-11/h5-6,8,13,16H,7,9-10H2,1-4H3,(H3-,20,21,22,26,28,29)/p+1/t13?,16-,19?/m1/s1. The molecule has 13 heteroatoms. The Morgan fingerprint density at radius 1 is 1.50 bits per heavy atom. The summed E-state index contributed by atoms with van der Waals surface area (Å²) >= 11 is 2.48. The molecule has 0 spiro atoms. The van der Waals surface area contributed by atoms with E-state index in [9.17, 15) is 19.5 Å². The van der Waals surface area contributed by atoms with Crippen molar-refractivity contribution in [1.29, 1.82) is 0 Å². The van der Waals surface area contributed by atoms with Gasteiger partial charge in [0.05, 0.1) is 27.7 Å². The molecule has 0 aromatic carbocycles. The number of oxime groups is 1. The number of thioether (sulfide) groups is 1. The Balaban J connectivity index is 1.70. The first-order valence-corrected chi connectivity index (χ1v) is 11.7. The molecule has 3 atom stereocenters. The van der Waals surface area contributed by atoms with Crippen LogP contribution in [0, 0.1) is 5.41 Å². The van der Waals surface area contributed by atoms with E-state index in [1.54, 1.807) is 11.5 Å². The fraction of sp³-hybridized carbons (Fsp3) is 0.526. The van der Waals surface area contributed by atoms with Gasteiger partial charge in [-0.3, -0.25) is 14.4 Å². The second kappa shape index (κ2) is 9.08. The van der Waals surface area contributed by atoms with E-state index in [-0.39, 0.29) is 34.4 Å². The number of likely N-dealkylation sites (N-methyl/N-ethyl adjacent to an activating group) is 1. The molecule has 2 amide bonds. The lowest BCUT2D eigenvalue weighted by Gasteiger charge is -2.53. The van der Waals surface area contributed by atoms with E-state index in [1.165, 1.54) is 23.8 Å². The number of β-lactam (4-membered cyclic amide) rings is 1. The second-order valence-electron chi connectivity index (χ2n) is 8.65. The average molecular weight is 484 g/mol. The Morgan fingerprint density at radius 2 is 2.22 bits per heavy atom. The summed E-state index contributed by atoms with van der Waals surface area (Å²) in [5.41, 5.74) is 4.63. The quantitative estimate of drug-likeness (QED) is 0.152. The van der Waals surface area contributed by atoms with Gasteiger partial charge in [-0.1, -0.05) is 11.2 Å². The summed E-state index contributed by atoms with van der Waals surface area (Å²) < 4.78 is 0.661. The monoisotopic (exact) mass is 483 g/mol. The molecule has 174 valence electrons. The van der Waals surface area contributed by atoms with E-state index >= 15 is 0 Å². The summed E-state index contributed by atoms with van der Waals surface area (Å²) in [6, 6.07) is -0.785. The van der Waals surface area contributed by atoms with E-state index in [0.29, 0.717) is 16.8 Å². The first kappa shape index (κ1) is 24.0. The molecule has 2 saturated heterocycles. The molecule has 2 unspecified atom stereocenters. The van der Waals surface area contributed by atoms with Crippen LogP contribution in [-0.2, 0) is 19.2 Å². The van der Waals surface area contributed by atoms with Crippen LogP contribution < -0.4 is 11.1 Å². The van der Waals surface area contributed by atoms with Crippen LogP contribution in [0.5, 0.6) is 0 Å². The number of carbonyl (C=O) groups excluding carboxylic acids is 2.